The molecule has 0 aliphatic rings. The first-order chi connectivity index (χ1) is 5.99. The Bertz CT molecular complexity index is 170. The number of rotatable bonds is 7. The molecule has 0 rings (SSSR count). The molecule has 0 aromatic heterocycles. The third-order valence-corrected chi connectivity index (χ3v) is 1.63. The normalized spacial score (nSPS) is 14.5. The molecule has 0 aliphatic carbocycles. The number of aliphatic hydroxyl groups excluding tert-OH is 1. The van der Waals surface area contributed by atoms with Gasteiger partial charge in [-0.3, -0.25) is 4.52 Å². The van der Waals surface area contributed by atoms with Crippen molar-refractivity contribution in [3.8, 4) is 0 Å². The minimum Gasteiger partial charge on any atom is -0.394 e. The molecular formula is C5H14NO6P. The van der Waals surface area contributed by atoms with Crippen molar-refractivity contribution in [2.75, 3.05) is 26.4 Å². The van der Waals surface area contributed by atoms with Crippen LogP contribution in [0.15, 0.2) is 0 Å². The van der Waals surface area contributed by atoms with Gasteiger partial charge in [0.2, 0.25) is 0 Å². The number of aliphatic hydroxyl groups is 1. The zero-order valence-electron chi connectivity index (χ0n) is 7.00. The maximum atomic E-state index is 10.3. The fourth-order valence-corrected chi connectivity index (χ4v) is 1.12. The lowest BCUT2D eigenvalue weighted by Crippen LogP contribution is -2.24. The highest BCUT2D eigenvalue weighted by Crippen LogP contribution is 2.37. The number of ether oxygens (including phenoxy) is 1. The number of nitrogens with two attached hydrogens (primary N) is 1. The molecule has 80 valence electrons. The van der Waals surface area contributed by atoms with Crippen molar-refractivity contribution in [2.45, 2.75) is 6.10 Å². The molecule has 0 bridgehead atoms. The van der Waals surface area contributed by atoms with E-state index in [-0.39, 0.29) is 13.2 Å². The molecule has 1 atom stereocenters. The summed E-state index contributed by atoms with van der Waals surface area (Å²) < 4.78 is 19.3. The zero-order chi connectivity index (χ0) is 10.3. The first kappa shape index (κ1) is 13.0. The third kappa shape index (κ3) is 8.32. The molecule has 13 heavy (non-hydrogen) atoms. The fraction of sp³-hybridized carbons (Fsp3) is 1.00. The van der Waals surface area contributed by atoms with Gasteiger partial charge in [-0.2, -0.15) is 0 Å². The summed E-state index contributed by atoms with van der Waals surface area (Å²) in [5.74, 6) is 0. The maximum Gasteiger partial charge on any atom is 0.470 e. The average Bonchev–Trinajstić information content (AvgIpc) is 2.01. The van der Waals surface area contributed by atoms with Crippen LogP contribution in [0.25, 0.3) is 0 Å². The van der Waals surface area contributed by atoms with Gasteiger partial charge in [0, 0.05) is 6.54 Å². The van der Waals surface area contributed by atoms with Gasteiger partial charge in [-0.15, -0.1) is 0 Å². The topological polar surface area (TPSA) is 122 Å². The first-order valence-electron chi connectivity index (χ1n) is 3.62. The van der Waals surface area contributed by atoms with E-state index >= 15 is 0 Å². The molecular weight excluding hydrogens is 201 g/mol. The van der Waals surface area contributed by atoms with Crippen molar-refractivity contribution in [3.63, 3.8) is 0 Å². The highest BCUT2D eigenvalue weighted by Gasteiger charge is 2.21. The van der Waals surface area contributed by atoms with Crippen LogP contribution < -0.4 is 5.73 Å². The van der Waals surface area contributed by atoms with E-state index in [0.717, 1.165) is 0 Å². The van der Waals surface area contributed by atoms with Crippen molar-refractivity contribution in [1.29, 1.82) is 0 Å². The Hall–Kier alpha value is -0.0100. The van der Waals surface area contributed by atoms with E-state index in [4.69, 9.17) is 25.4 Å². The van der Waals surface area contributed by atoms with E-state index in [1.807, 2.05) is 0 Å². The molecule has 0 heterocycles. The van der Waals surface area contributed by atoms with Crippen molar-refractivity contribution in [2.24, 2.45) is 5.73 Å². The van der Waals surface area contributed by atoms with Crippen LogP contribution in [0, 0.1) is 0 Å². The fourth-order valence-electron chi connectivity index (χ4n) is 0.609. The molecule has 0 saturated heterocycles. The molecule has 0 radical (unpaired) electrons. The molecule has 0 aromatic rings. The number of phosphoric ester groups is 1. The van der Waals surface area contributed by atoms with Gasteiger partial charge < -0.3 is 25.4 Å². The van der Waals surface area contributed by atoms with Crippen molar-refractivity contribution < 1.29 is 28.7 Å². The molecule has 5 N–H and O–H groups in total. The van der Waals surface area contributed by atoms with E-state index in [9.17, 15) is 4.57 Å². The number of phosphoric acid groups is 1. The van der Waals surface area contributed by atoms with E-state index in [0.29, 0.717) is 6.54 Å². The van der Waals surface area contributed by atoms with Crippen molar-refractivity contribution in [1.82, 2.24) is 0 Å². The van der Waals surface area contributed by atoms with E-state index in [2.05, 4.69) is 4.52 Å². The summed E-state index contributed by atoms with van der Waals surface area (Å²) in [5.41, 5.74) is 5.10. The van der Waals surface area contributed by atoms with Crippen molar-refractivity contribution >= 4 is 7.82 Å². The van der Waals surface area contributed by atoms with Crippen LogP contribution >= 0.6 is 7.82 Å². The third-order valence-electron chi connectivity index (χ3n) is 1.06. The molecule has 0 saturated carbocycles. The van der Waals surface area contributed by atoms with Gasteiger partial charge in [-0.25, -0.2) is 4.57 Å². The van der Waals surface area contributed by atoms with Crippen LogP contribution in [0.4, 0.5) is 0 Å². The predicted molar refractivity (Wildman–Crippen MR) is 43.9 cm³/mol. The summed E-state index contributed by atoms with van der Waals surface area (Å²) in [4.78, 5) is 16.7. The van der Waals surface area contributed by atoms with Crippen LogP contribution in [0.2, 0.25) is 0 Å². The van der Waals surface area contributed by atoms with Gasteiger partial charge in [-0.05, 0) is 0 Å². The Morgan fingerprint density at radius 1 is 1.46 bits per heavy atom. The Balaban J connectivity index is 3.70. The lowest BCUT2D eigenvalue weighted by Gasteiger charge is -2.15. The van der Waals surface area contributed by atoms with E-state index in [1.54, 1.807) is 0 Å². The summed E-state index contributed by atoms with van der Waals surface area (Å²) in [6.07, 6.45) is -1.02. The number of hydrogen-bond acceptors (Lipinski definition) is 5. The van der Waals surface area contributed by atoms with Crippen LogP contribution in [0.5, 0.6) is 0 Å². The molecule has 0 spiro atoms. The lowest BCUT2D eigenvalue weighted by molar-refractivity contribution is 0.00731. The minimum absolute atomic E-state index is 0.0984. The summed E-state index contributed by atoms with van der Waals surface area (Å²) >= 11 is 0. The molecule has 7 nitrogen and oxygen atoms in total. The zero-order valence-corrected chi connectivity index (χ0v) is 7.89. The largest absolute Gasteiger partial charge is 0.470 e. The summed E-state index contributed by atoms with van der Waals surface area (Å²) in [6, 6.07) is 0. The Morgan fingerprint density at radius 3 is 2.46 bits per heavy atom. The summed E-state index contributed by atoms with van der Waals surface area (Å²) in [7, 11) is -4.56. The highest BCUT2D eigenvalue weighted by molar-refractivity contribution is 7.46. The van der Waals surface area contributed by atoms with Gasteiger partial charge in [-0.1, -0.05) is 0 Å². The average molecular weight is 215 g/mol. The Labute approximate surface area is 75.7 Å². The van der Waals surface area contributed by atoms with Gasteiger partial charge >= 0.3 is 7.82 Å². The molecule has 8 heteroatoms. The predicted octanol–water partition coefficient (Wildman–Crippen LogP) is -1.57. The second-order valence-corrected chi connectivity index (χ2v) is 3.46. The monoisotopic (exact) mass is 215 g/mol. The SMILES string of the molecule is NCCOCC(CO)OP(=O)(O)O. The standard InChI is InChI=1S/C5H14NO6P/c6-1-2-11-4-5(3-7)12-13(8,9)10/h5,7H,1-4,6H2,(H2,8,9,10). The summed E-state index contributed by atoms with van der Waals surface area (Å²) in [6.45, 7) is -0.0659. The molecule has 0 amide bonds. The van der Waals surface area contributed by atoms with Gasteiger partial charge in [0.25, 0.3) is 0 Å². The van der Waals surface area contributed by atoms with Crippen molar-refractivity contribution in [3.05, 3.63) is 0 Å². The van der Waals surface area contributed by atoms with Gasteiger partial charge in [0.1, 0.15) is 6.10 Å². The van der Waals surface area contributed by atoms with E-state index < -0.39 is 20.5 Å². The van der Waals surface area contributed by atoms with Crippen LogP contribution in [-0.2, 0) is 13.8 Å². The van der Waals surface area contributed by atoms with E-state index in [1.165, 1.54) is 0 Å². The smallest absolute Gasteiger partial charge is 0.394 e. The molecule has 1 unspecified atom stereocenters. The molecule has 0 aromatic carbocycles. The maximum absolute atomic E-state index is 10.3. The van der Waals surface area contributed by atoms with Gasteiger partial charge in [0.05, 0.1) is 19.8 Å². The minimum atomic E-state index is -4.56. The second kappa shape index (κ2) is 6.44. The Morgan fingerprint density at radius 2 is 2.08 bits per heavy atom. The Kier molecular flexibility index (Phi) is 6.44. The second-order valence-electron chi connectivity index (χ2n) is 2.26. The summed E-state index contributed by atoms with van der Waals surface area (Å²) in [5, 5.41) is 8.61. The molecule has 0 fully saturated rings. The van der Waals surface area contributed by atoms with Crippen LogP contribution in [0.1, 0.15) is 0 Å². The quantitative estimate of drug-likeness (QED) is 0.299. The number of hydrogen-bond donors (Lipinski definition) is 4. The lowest BCUT2D eigenvalue weighted by atomic mass is 10.4. The van der Waals surface area contributed by atoms with Crippen LogP contribution in [0.3, 0.4) is 0 Å². The van der Waals surface area contributed by atoms with Gasteiger partial charge in [0.15, 0.2) is 0 Å². The molecule has 0 aliphatic heterocycles. The van der Waals surface area contributed by atoms with Crippen LogP contribution in [-0.4, -0.2) is 47.4 Å². The first-order valence-corrected chi connectivity index (χ1v) is 5.15. The highest BCUT2D eigenvalue weighted by atomic mass is 31.2.